The molecule has 0 atom stereocenters. The van der Waals surface area contributed by atoms with Gasteiger partial charge in [0, 0.05) is 6.20 Å². The number of H-pyrrole nitrogens is 1. The van der Waals surface area contributed by atoms with E-state index in [0.29, 0.717) is 5.69 Å². The largest absolute Gasteiger partial charge is 0.397 e. The smallest absolute Gasteiger partial charge is 0.0895 e. The maximum atomic E-state index is 5.61. The van der Waals surface area contributed by atoms with Crippen molar-refractivity contribution in [3.05, 3.63) is 36.2 Å². The molecule has 66 valence electrons. The van der Waals surface area contributed by atoms with Gasteiger partial charge in [-0.25, -0.2) is 0 Å². The van der Waals surface area contributed by atoms with Crippen LogP contribution in [0.25, 0.3) is 11.4 Å². The molecular formula is C10H11N3. The Morgan fingerprint density at radius 3 is 2.92 bits per heavy atom. The van der Waals surface area contributed by atoms with Gasteiger partial charge < -0.3 is 10.7 Å². The number of anilines is 1. The van der Waals surface area contributed by atoms with Crippen LogP contribution in [0, 0.1) is 6.92 Å². The highest BCUT2D eigenvalue weighted by Gasteiger charge is 2.03. The van der Waals surface area contributed by atoms with E-state index < -0.39 is 0 Å². The van der Waals surface area contributed by atoms with Crippen molar-refractivity contribution >= 4 is 5.69 Å². The Morgan fingerprint density at radius 2 is 2.31 bits per heavy atom. The summed E-state index contributed by atoms with van der Waals surface area (Å²) in [6, 6.07) is 5.86. The maximum absolute atomic E-state index is 5.61. The molecule has 0 fully saturated rings. The molecule has 0 aromatic carbocycles. The number of aromatic nitrogens is 2. The maximum Gasteiger partial charge on any atom is 0.0895 e. The van der Waals surface area contributed by atoms with Gasteiger partial charge in [-0.3, -0.25) is 4.98 Å². The lowest BCUT2D eigenvalue weighted by Crippen LogP contribution is -1.92. The van der Waals surface area contributed by atoms with Gasteiger partial charge >= 0.3 is 0 Å². The lowest BCUT2D eigenvalue weighted by molar-refractivity contribution is 1.24. The Hall–Kier alpha value is -1.77. The third-order valence-corrected chi connectivity index (χ3v) is 1.95. The standard InChI is InChI=1S/C10H11N3/c1-7-5-8(11)6-13-10(7)9-3-2-4-12-9/h2-6,12H,11H2,1H3. The molecule has 2 aromatic rings. The Morgan fingerprint density at radius 1 is 1.46 bits per heavy atom. The van der Waals surface area contributed by atoms with Crippen molar-refractivity contribution in [2.24, 2.45) is 0 Å². The van der Waals surface area contributed by atoms with Gasteiger partial charge in [-0.15, -0.1) is 0 Å². The van der Waals surface area contributed by atoms with Gasteiger partial charge in [0.05, 0.1) is 23.3 Å². The lowest BCUT2D eigenvalue weighted by Gasteiger charge is -2.02. The van der Waals surface area contributed by atoms with E-state index in [1.807, 2.05) is 31.3 Å². The van der Waals surface area contributed by atoms with Crippen LogP contribution in [0.5, 0.6) is 0 Å². The number of hydrogen-bond donors (Lipinski definition) is 2. The predicted molar refractivity (Wildman–Crippen MR) is 53.2 cm³/mol. The van der Waals surface area contributed by atoms with Crippen LogP contribution in [0.3, 0.4) is 0 Å². The van der Waals surface area contributed by atoms with Crippen LogP contribution < -0.4 is 5.73 Å². The van der Waals surface area contributed by atoms with E-state index in [4.69, 9.17) is 5.73 Å². The Kier molecular flexibility index (Phi) is 1.77. The molecule has 3 N–H and O–H groups in total. The van der Waals surface area contributed by atoms with Crippen molar-refractivity contribution in [1.82, 2.24) is 9.97 Å². The number of aromatic amines is 1. The van der Waals surface area contributed by atoms with Crippen molar-refractivity contribution in [3.63, 3.8) is 0 Å². The molecule has 3 nitrogen and oxygen atoms in total. The van der Waals surface area contributed by atoms with Crippen LogP contribution in [-0.2, 0) is 0 Å². The van der Waals surface area contributed by atoms with Crippen molar-refractivity contribution in [3.8, 4) is 11.4 Å². The molecule has 0 unspecified atom stereocenters. The summed E-state index contributed by atoms with van der Waals surface area (Å²) in [4.78, 5) is 7.37. The van der Waals surface area contributed by atoms with Crippen molar-refractivity contribution in [2.75, 3.05) is 5.73 Å². The lowest BCUT2D eigenvalue weighted by atomic mass is 10.1. The monoisotopic (exact) mass is 173 g/mol. The number of pyridine rings is 1. The van der Waals surface area contributed by atoms with Crippen LogP contribution in [0.1, 0.15) is 5.56 Å². The molecule has 2 rings (SSSR count). The zero-order valence-electron chi connectivity index (χ0n) is 7.41. The molecule has 0 saturated heterocycles. The van der Waals surface area contributed by atoms with Crippen LogP contribution in [0.4, 0.5) is 5.69 Å². The molecular weight excluding hydrogens is 162 g/mol. The van der Waals surface area contributed by atoms with Gasteiger partial charge in [0.25, 0.3) is 0 Å². The summed E-state index contributed by atoms with van der Waals surface area (Å²) in [5.74, 6) is 0. The van der Waals surface area contributed by atoms with E-state index in [-0.39, 0.29) is 0 Å². The minimum absolute atomic E-state index is 0.702. The highest BCUT2D eigenvalue weighted by Crippen LogP contribution is 2.19. The summed E-state index contributed by atoms with van der Waals surface area (Å²) in [5.41, 5.74) is 9.38. The molecule has 2 aromatic heterocycles. The molecule has 0 amide bonds. The van der Waals surface area contributed by atoms with E-state index in [0.717, 1.165) is 17.0 Å². The van der Waals surface area contributed by atoms with Crippen LogP contribution in [0.2, 0.25) is 0 Å². The quantitative estimate of drug-likeness (QED) is 0.692. The second-order valence-corrected chi connectivity index (χ2v) is 3.02. The van der Waals surface area contributed by atoms with Gasteiger partial charge in [0.1, 0.15) is 0 Å². The van der Waals surface area contributed by atoms with E-state index in [1.54, 1.807) is 6.20 Å². The predicted octanol–water partition coefficient (Wildman–Crippen LogP) is 1.97. The molecule has 0 aliphatic rings. The van der Waals surface area contributed by atoms with E-state index in [1.165, 1.54) is 0 Å². The zero-order chi connectivity index (χ0) is 9.26. The summed E-state index contributed by atoms with van der Waals surface area (Å²) in [7, 11) is 0. The summed E-state index contributed by atoms with van der Waals surface area (Å²) in [6.45, 7) is 2.00. The van der Waals surface area contributed by atoms with Crippen LogP contribution in [0.15, 0.2) is 30.6 Å². The highest BCUT2D eigenvalue weighted by atomic mass is 14.8. The first-order chi connectivity index (χ1) is 6.27. The number of nitrogen functional groups attached to an aromatic ring is 1. The SMILES string of the molecule is Cc1cc(N)cnc1-c1ccc[nH]1. The third-order valence-electron chi connectivity index (χ3n) is 1.95. The normalized spacial score (nSPS) is 10.2. The molecule has 3 heteroatoms. The second kappa shape index (κ2) is 2.94. The number of nitrogens with zero attached hydrogens (tertiary/aromatic N) is 1. The first-order valence-corrected chi connectivity index (χ1v) is 4.13. The molecule has 0 radical (unpaired) electrons. The summed E-state index contributed by atoms with van der Waals surface area (Å²) < 4.78 is 0. The molecule has 0 spiro atoms. The van der Waals surface area contributed by atoms with Crippen LogP contribution >= 0.6 is 0 Å². The van der Waals surface area contributed by atoms with E-state index in [2.05, 4.69) is 9.97 Å². The molecule has 0 bridgehead atoms. The highest BCUT2D eigenvalue weighted by molar-refractivity contribution is 5.61. The summed E-state index contributed by atoms with van der Waals surface area (Å²) in [6.07, 6.45) is 3.55. The number of aryl methyl sites for hydroxylation is 1. The van der Waals surface area contributed by atoms with Crippen LogP contribution in [-0.4, -0.2) is 9.97 Å². The van der Waals surface area contributed by atoms with Crippen molar-refractivity contribution in [1.29, 1.82) is 0 Å². The number of nitrogens with two attached hydrogens (primary N) is 1. The minimum atomic E-state index is 0.702. The van der Waals surface area contributed by atoms with Gasteiger partial charge in [-0.2, -0.15) is 0 Å². The van der Waals surface area contributed by atoms with Crippen molar-refractivity contribution < 1.29 is 0 Å². The second-order valence-electron chi connectivity index (χ2n) is 3.02. The van der Waals surface area contributed by atoms with Gasteiger partial charge in [0.2, 0.25) is 0 Å². The molecule has 0 saturated carbocycles. The van der Waals surface area contributed by atoms with Gasteiger partial charge in [-0.05, 0) is 30.7 Å². The van der Waals surface area contributed by atoms with E-state index >= 15 is 0 Å². The third kappa shape index (κ3) is 1.40. The Balaban J connectivity index is 2.53. The fourth-order valence-corrected chi connectivity index (χ4v) is 1.36. The summed E-state index contributed by atoms with van der Waals surface area (Å²) in [5, 5.41) is 0. The average molecular weight is 173 g/mol. The van der Waals surface area contributed by atoms with Gasteiger partial charge in [0.15, 0.2) is 0 Å². The number of rotatable bonds is 1. The first-order valence-electron chi connectivity index (χ1n) is 4.13. The fourth-order valence-electron chi connectivity index (χ4n) is 1.36. The topological polar surface area (TPSA) is 54.7 Å². The molecule has 0 aliphatic heterocycles. The molecule has 0 aliphatic carbocycles. The minimum Gasteiger partial charge on any atom is -0.397 e. The fraction of sp³-hybridized carbons (Fsp3) is 0.100. The average Bonchev–Trinajstić information content (AvgIpc) is 2.56. The Labute approximate surface area is 76.6 Å². The molecule has 13 heavy (non-hydrogen) atoms. The zero-order valence-corrected chi connectivity index (χ0v) is 7.41. The van der Waals surface area contributed by atoms with Gasteiger partial charge in [-0.1, -0.05) is 0 Å². The summed E-state index contributed by atoms with van der Waals surface area (Å²) >= 11 is 0. The van der Waals surface area contributed by atoms with E-state index in [9.17, 15) is 0 Å². The number of nitrogens with one attached hydrogen (secondary N) is 1. The number of hydrogen-bond acceptors (Lipinski definition) is 2. The molecule has 2 heterocycles. The van der Waals surface area contributed by atoms with Crippen molar-refractivity contribution in [2.45, 2.75) is 6.92 Å². The first kappa shape index (κ1) is 7.86. The Bertz CT molecular complexity index is 404.